The lowest BCUT2D eigenvalue weighted by molar-refractivity contribution is 0.0948. The predicted molar refractivity (Wildman–Crippen MR) is 101 cm³/mol. The normalized spacial score (nSPS) is 14.6. The number of amides is 1. The Labute approximate surface area is 164 Å². The fourth-order valence-corrected chi connectivity index (χ4v) is 3.09. The summed E-state index contributed by atoms with van der Waals surface area (Å²) in [6, 6.07) is 6.64. The highest BCUT2D eigenvalue weighted by Gasteiger charge is 2.26. The van der Waals surface area contributed by atoms with E-state index in [0.29, 0.717) is 17.8 Å². The third kappa shape index (κ3) is 3.91. The van der Waals surface area contributed by atoms with Gasteiger partial charge in [-0.05, 0) is 48.4 Å². The van der Waals surface area contributed by atoms with Crippen molar-refractivity contribution in [3.63, 3.8) is 0 Å². The van der Waals surface area contributed by atoms with Crippen molar-refractivity contribution in [2.24, 2.45) is 5.10 Å². The van der Waals surface area contributed by atoms with E-state index in [9.17, 15) is 9.90 Å². The molecule has 3 heterocycles. The first-order valence-electron chi connectivity index (χ1n) is 9.00. The molecule has 29 heavy (non-hydrogen) atoms. The molecule has 3 aromatic rings. The van der Waals surface area contributed by atoms with Crippen molar-refractivity contribution in [3.05, 3.63) is 41.2 Å². The first kappa shape index (κ1) is 18.6. The number of carbonyl (C=O) groups is 1. The van der Waals surface area contributed by atoms with Crippen LogP contribution in [-0.2, 0) is 6.54 Å². The molecule has 1 aliphatic rings. The van der Waals surface area contributed by atoms with Gasteiger partial charge in [0.2, 0.25) is 11.6 Å². The van der Waals surface area contributed by atoms with E-state index in [1.54, 1.807) is 18.2 Å². The van der Waals surface area contributed by atoms with Crippen LogP contribution in [-0.4, -0.2) is 60.5 Å². The molecule has 0 radical (unpaired) electrons. The van der Waals surface area contributed by atoms with Gasteiger partial charge in [0.1, 0.15) is 5.75 Å². The van der Waals surface area contributed by atoms with E-state index in [0.717, 1.165) is 25.9 Å². The summed E-state index contributed by atoms with van der Waals surface area (Å²) >= 11 is 0. The quantitative estimate of drug-likeness (QED) is 0.392. The van der Waals surface area contributed by atoms with Gasteiger partial charge >= 0.3 is 0 Å². The van der Waals surface area contributed by atoms with Crippen molar-refractivity contribution in [2.75, 3.05) is 18.8 Å². The first-order valence-corrected chi connectivity index (χ1v) is 9.00. The molecule has 1 aliphatic heterocycles. The Morgan fingerprint density at radius 1 is 1.31 bits per heavy atom. The van der Waals surface area contributed by atoms with E-state index in [2.05, 4.69) is 40.7 Å². The molecule has 0 aliphatic carbocycles. The van der Waals surface area contributed by atoms with Crippen LogP contribution in [0, 0.1) is 0 Å². The second-order valence-corrected chi connectivity index (χ2v) is 6.51. The maximum Gasteiger partial charge on any atom is 0.293 e. The zero-order chi connectivity index (χ0) is 20.2. The Hall–Kier alpha value is -3.80. The first-order chi connectivity index (χ1) is 14.1. The number of rotatable bonds is 6. The van der Waals surface area contributed by atoms with Gasteiger partial charge in [0.25, 0.3) is 5.91 Å². The lowest BCUT2D eigenvalue weighted by Crippen LogP contribution is -2.25. The number of hydrazone groups is 1. The lowest BCUT2D eigenvalue weighted by atomic mass is 10.2. The smallest absolute Gasteiger partial charge is 0.293 e. The molecule has 1 saturated heterocycles. The Kier molecular flexibility index (Phi) is 5.16. The SMILES string of the molecule is Nc1nonc1-n1nnc(C(=O)N/N=C\c2ccccc2O)c1CN1CCCC1. The molecular weight excluding hydrogens is 378 g/mol. The maximum atomic E-state index is 12.7. The summed E-state index contributed by atoms with van der Waals surface area (Å²) in [5.41, 5.74) is 9.25. The van der Waals surface area contributed by atoms with Crippen LogP contribution >= 0.6 is 0 Å². The number of hydrogen-bond donors (Lipinski definition) is 3. The van der Waals surface area contributed by atoms with Gasteiger partial charge in [-0.15, -0.1) is 5.10 Å². The Morgan fingerprint density at radius 2 is 2.10 bits per heavy atom. The fraction of sp³-hybridized carbons (Fsp3) is 0.294. The van der Waals surface area contributed by atoms with E-state index >= 15 is 0 Å². The van der Waals surface area contributed by atoms with Crippen molar-refractivity contribution in [1.29, 1.82) is 0 Å². The molecule has 0 bridgehead atoms. The molecule has 0 saturated carbocycles. The van der Waals surface area contributed by atoms with E-state index in [-0.39, 0.29) is 23.1 Å². The number of nitrogens with two attached hydrogens (primary N) is 1. The molecule has 4 N–H and O–H groups in total. The number of nitrogens with one attached hydrogen (secondary N) is 1. The van der Waals surface area contributed by atoms with Crippen molar-refractivity contribution in [3.8, 4) is 11.6 Å². The topological polar surface area (TPSA) is 161 Å². The molecule has 1 fully saturated rings. The molecule has 1 aromatic carbocycles. The minimum Gasteiger partial charge on any atom is -0.507 e. The van der Waals surface area contributed by atoms with Crippen LogP contribution in [0.25, 0.3) is 5.82 Å². The minimum atomic E-state index is -0.549. The van der Waals surface area contributed by atoms with Gasteiger partial charge in [-0.25, -0.2) is 10.1 Å². The fourth-order valence-electron chi connectivity index (χ4n) is 3.09. The Balaban J connectivity index is 1.58. The largest absolute Gasteiger partial charge is 0.507 e. The van der Waals surface area contributed by atoms with Crippen LogP contribution in [0.15, 0.2) is 34.0 Å². The van der Waals surface area contributed by atoms with Gasteiger partial charge in [-0.1, -0.05) is 17.3 Å². The molecule has 150 valence electrons. The molecule has 12 heteroatoms. The number of aromatic hydroxyl groups is 1. The van der Waals surface area contributed by atoms with Gasteiger partial charge in [0, 0.05) is 12.1 Å². The molecule has 1 amide bonds. The van der Waals surface area contributed by atoms with Crippen LogP contribution in [0.5, 0.6) is 5.75 Å². The summed E-state index contributed by atoms with van der Waals surface area (Å²) < 4.78 is 6.00. The number of phenolic OH excluding ortho intramolecular Hbond substituents is 1. The molecule has 0 spiro atoms. The standard InChI is InChI=1S/C17H19N9O3/c18-15-16(23-29-22-15)26-12(10-25-7-3-4-8-25)14(20-24-26)17(28)21-19-9-11-5-1-2-6-13(11)27/h1-2,5-6,9,27H,3-4,7-8,10H2,(H2,18,22)(H,21,28)/b19-9-. The summed E-state index contributed by atoms with van der Waals surface area (Å²) in [5.74, 6) is -0.280. The number of likely N-dealkylation sites (tertiary alicyclic amines) is 1. The average Bonchev–Trinajstić information content (AvgIpc) is 3.45. The average molecular weight is 397 g/mol. The Bertz CT molecular complexity index is 1040. The molecular formula is C17H19N9O3. The van der Waals surface area contributed by atoms with Crippen LogP contribution < -0.4 is 11.2 Å². The van der Waals surface area contributed by atoms with E-state index in [1.807, 2.05) is 0 Å². The van der Waals surface area contributed by atoms with Crippen molar-refractivity contribution < 1.29 is 14.5 Å². The third-order valence-corrected chi connectivity index (χ3v) is 4.55. The number of nitrogens with zero attached hydrogens (tertiary/aromatic N) is 7. The number of anilines is 1. The van der Waals surface area contributed by atoms with Crippen molar-refractivity contribution in [2.45, 2.75) is 19.4 Å². The molecule has 0 unspecified atom stereocenters. The highest BCUT2D eigenvalue weighted by molar-refractivity contribution is 5.94. The Morgan fingerprint density at radius 3 is 2.83 bits per heavy atom. The third-order valence-electron chi connectivity index (χ3n) is 4.55. The van der Waals surface area contributed by atoms with Crippen LogP contribution in [0.4, 0.5) is 5.82 Å². The van der Waals surface area contributed by atoms with E-state index in [4.69, 9.17) is 5.73 Å². The predicted octanol–water partition coefficient (Wildman–Crippen LogP) is 0.298. The number of para-hydroxylation sites is 1. The second kappa shape index (κ2) is 8.06. The van der Waals surface area contributed by atoms with Gasteiger partial charge in [0.15, 0.2) is 5.69 Å². The zero-order valence-electron chi connectivity index (χ0n) is 15.4. The maximum absolute atomic E-state index is 12.7. The van der Waals surface area contributed by atoms with Gasteiger partial charge in [-0.2, -0.15) is 9.78 Å². The number of nitrogen functional groups attached to an aromatic ring is 1. The lowest BCUT2D eigenvalue weighted by Gasteiger charge is -2.15. The van der Waals surface area contributed by atoms with Crippen molar-refractivity contribution in [1.82, 2.24) is 35.6 Å². The van der Waals surface area contributed by atoms with Crippen LogP contribution in [0.3, 0.4) is 0 Å². The molecule has 2 aromatic heterocycles. The zero-order valence-corrected chi connectivity index (χ0v) is 15.4. The van der Waals surface area contributed by atoms with E-state index in [1.165, 1.54) is 17.0 Å². The summed E-state index contributed by atoms with van der Waals surface area (Å²) in [6.45, 7) is 2.25. The molecule has 12 nitrogen and oxygen atoms in total. The summed E-state index contributed by atoms with van der Waals surface area (Å²) in [5, 5.41) is 28.9. The summed E-state index contributed by atoms with van der Waals surface area (Å²) in [6.07, 6.45) is 3.51. The van der Waals surface area contributed by atoms with Gasteiger partial charge in [0.05, 0.1) is 11.9 Å². The number of benzene rings is 1. The van der Waals surface area contributed by atoms with Crippen LogP contribution in [0.1, 0.15) is 34.6 Å². The number of phenols is 1. The second-order valence-electron chi connectivity index (χ2n) is 6.51. The summed E-state index contributed by atoms with van der Waals surface area (Å²) in [4.78, 5) is 14.9. The molecule has 0 atom stereocenters. The highest BCUT2D eigenvalue weighted by Crippen LogP contribution is 2.20. The minimum absolute atomic E-state index is 0.0436. The van der Waals surface area contributed by atoms with Gasteiger partial charge < -0.3 is 10.8 Å². The van der Waals surface area contributed by atoms with Gasteiger partial charge in [-0.3, -0.25) is 9.69 Å². The number of carbonyl (C=O) groups excluding carboxylic acids is 1. The summed E-state index contributed by atoms with van der Waals surface area (Å²) in [7, 11) is 0. The van der Waals surface area contributed by atoms with Crippen molar-refractivity contribution >= 4 is 17.9 Å². The number of hydrogen-bond acceptors (Lipinski definition) is 10. The van der Waals surface area contributed by atoms with E-state index < -0.39 is 5.91 Å². The molecule has 4 rings (SSSR count). The van der Waals surface area contributed by atoms with Crippen LogP contribution in [0.2, 0.25) is 0 Å². The monoisotopic (exact) mass is 397 g/mol. The number of aromatic nitrogens is 5. The highest BCUT2D eigenvalue weighted by atomic mass is 16.6.